The van der Waals surface area contributed by atoms with Gasteiger partial charge in [-0.3, -0.25) is 0 Å². The van der Waals surface area contributed by atoms with Crippen molar-refractivity contribution >= 4 is 27.7 Å². The van der Waals surface area contributed by atoms with Crippen LogP contribution in [0.5, 0.6) is 0 Å². The van der Waals surface area contributed by atoms with Crippen LogP contribution < -0.4 is 10.2 Å². The molecule has 6 heteroatoms. The van der Waals surface area contributed by atoms with Crippen molar-refractivity contribution in [3.05, 3.63) is 10.7 Å². The number of likely N-dealkylation sites (N-methyl/N-ethyl adjacent to an activating group) is 1. The monoisotopic (exact) mass is 302 g/mol. The maximum atomic E-state index is 9.15. The van der Waals surface area contributed by atoms with Gasteiger partial charge in [0.15, 0.2) is 0 Å². The molecule has 0 radical (unpaired) electrons. The second-order valence-electron chi connectivity index (χ2n) is 3.93. The summed E-state index contributed by atoms with van der Waals surface area (Å²) in [6.45, 7) is 4.96. The summed E-state index contributed by atoms with van der Waals surface area (Å²) in [6, 6.07) is 0.0141. The molecule has 2 N–H and O–H groups in total. The van der Waals surface area contributed by atoms with Crippen LogP contribution in [0.25, 0.3) is 0 Å². The molecule has 0 saturated heterocycles. The Bertz CT molecular complexity index is 361. The molecular weight excluding hydrogens is 284 g/mol. The van der Waals surface area contributed by atoms with E-state index in [0.29, 0.717) is 5.95 Å². The quantitative estimate of drug-likeness (QED) is 0.840. The number of hydrogen-bond acceptors (Lipinski definition) is 5. The first kappa shape index (κ1) is 14.2. The average molecular weight is 303 g/mol. The van der Waals surface area contributed by atoms with Crippen LogP contribution in [0.1, 0.15) is 20.3 Å². The minimum absolute atomic E-state index is 0.0141. The van der Waals surface area contributed by atoms with Gasteiger partial charge in [0.1, 0.15) is 5.82 Å². The number of hydrogen-bond donors (Lipinski definition) is 2. The summed E-state index contributed by atoms with van der Waals surface area (Å²) < 4.78 is 0.822. The predicted molar refractivity (Wildman–Crippen MR) is 73.5 cm³/mol. The van der Waals surface area contributed by atoms with Crippen LogP contribution in [0, 0.1) is 0 Å². The third-order valence-corrected chi connectivity index (χ3v) is 3.08. The second-order valence-corrected chi connectivity index (χ2v) is 4.79. The van der Waals surface area contributed by atoms with Crippen molar-refractivity contribution in [2.75, 3.05) is 30.4 Å². The molecule has 0 aliphatic carbocycles. The SMILES string of the molecule is CCCNc1ncc(Br)c(N(C)C(C)CO)n1. The van der Waals surface area contributed by atoms with Crippen LogP contribution in [0.4, 0.5) is 11.8 Å². The molecule has 0 amide bonds. The van der Waals surface area contributed by atoms with E-state index >= 15 is 0 Å². The van der Waals surface area contributed by atoms with Crippen molar-refractivity contribution < 1.29 is 5.11 Å². The fourth-order valence-electron chi connectivity index (χ4n) is 1.26. The molecule has 96 valence electrons. The topological polar surface area (TPSA) is 61.3 Å². The summed E-state index contributed by atoms with van der Waals surface area (Å²) in [4.78, 5) is 10.5. The normalized spacial score (nSPS) is 12.3. The number of aromatic nitrogens is 2. The second kappa shape index (κ2) is 6.76. The Balaban J connectivity index is 2.89. The van der Waals surface area contributed by atoms with Crippen molar-refractivity contribution in [3.63, 3.8) is 0 Å². The molecule has 0 spiro atoms. The van der Waals surface area contributed by atoms with Gasteiger partial charge in [-0.05, 0) is 29.3 Å². The lowest BCUT2D eigenvalue weighted by Gasteiger charge is -2.25. The lowest BCUT2D eigenvalue weighted by Crippen LogP contribution is -2.33. The molecule has 1 atom stereocenters. The third kappa shape index (κ3) is 3.81. The minimum atomic E-state index is 0.0141. The van der Waals surface area contributed by atoms with Crippen LogP contribution >= 0.6 is 15.9 Å². The molecule has 1 aromatic rings. The highest BCUT2D eigenvalue weighted by molar-refractivity contribution is 9.10. The van der Waals surface area contributed by atoms with Gasteiger partial charge < -0.3 is 15.3 Å². The Morgan fingerprint density at radius 3 is 2.88 bits per heavy atom. The maximum Gasteiger partial charge on any atom is 0.224 e. The Morgan fingerprint density at radius 1 is 1.59 bits per heavy atom. The van der Waals surface area contributed by atoms with Crippen molar-refractivity contribution in [2.24, 2.45) is 0 Å². The minimum Gasteiger partial charge on any atom is -0.394 e. The van der Waals surface area contributed by atoms with Crippen molar-refractivity contribution in [1.29, 1.82) is 0 Å². The molecule has 17 heavy (non-hydrogen) atoms. The molecule has 1 heterocycles. The van der Waals surface area contributed by atoms with Crippen molar-refractivity contribution in [2.45, 2.75) is 26.3 Å². The Hall–Kier alpha value is -0.880. The Labute approximate surface area is 110 Å². The predicted octanol–water partition coefficient (Wildman–Crippen LogP) is 1.88. The van der Waals surface area contributed by atoms with E-state index in [9.17, 15) is 0 Å². The van der Waals surface area contributed by atoms with Gasteiger partial charge in [0.05, 0.1) is 17.1 Å². The van der Waals surface area contributed by atoms with Crippen molar-refractivity contribution in [3.8, 4) is 0 Å². The fourth-order valence-corrected chi connectivity index (χ4v) is 1.73. The smallest absolute Gasteiger partial charge is 0.224 e. The van der Waals surface area contributed by atoms with Crippen LogP contribution in [0.3, 0.4) is 0 Å². The standard InChI is InChI=1S/C11H19BrN4O/c1-4-5-13-11-14-6-9(12)10(15-11)16(3)8(2)7-17/h6,8,17H,4-5,7H2,1-3H3,(H,13,14,15). The largest absolute Gasteiger partial charge is 0.394 e. The average Bonchev–Trinajstić information content (AvgIpc) is 2.36. The zero-order chi connectivity index (χ0) is 12.8. The summed E-state index contributed by atoms with van der Waals surface area (Å²) in [5.41, 5.74) is 0. The zero-order valence-electron chi connectivity index (χ0n) is 10.4. The van der Waals surface area contributed by atoms with Gasteiger partial charge in [0.25, 0.3) is 0 Å². The van der Waals surface area contributed by atoms with Crippen LogP contribution in [-0.4, -0.2) is 41.3 Å². The van der Waals surface area contributed by atoms with E-state index in [1.54, 1.807) is 6.20 Å². The number of halogens is 1. The first-order valence-corrected chi connectivity index (χ1v) is 6.49. The summed E-state index contributed by atoms with van der Waals surface area (Å²) in [5, 5.41) is 12.3. The molecule has 1 unspecified atom stereocenters. The highest BCUT2D eigenvalue weighted by Gasteiger charge is 2.14. The number of aliphatic hydroxyl groups excluding tert-OH is 1. The lowest BCUT2D eigenvalue weighted by atomic mass is 10.3. The molecule has 1 rings (SSSR count). The maximum absolute atomic E-state index is 9.15. The zero-order valence-corrected chi connectivity index (χ0v) is 12.0. The van der Waals surface area contributed by atoms with Crippen LogP contribution in [0.2, 0.25) is 0 Å². The molecular formula is C11H19BrN4O. The van der Waals surface area contributed by atoms with E-state index in [0.717, 1.165) is 23.3 Å². The Kier molecular flexibility index (Phi) is 5.64. The van der Waals surface area contributed by atoms with E-state index < -0.39 is 0 Å². The molecule has 1 aromatic heterocycles. The number of nitrogens with one attached hydrogen (secondary N) is 1. The first-order valence-electron chi connectivity index (χ1n) is 5.70. The molecule has 0 aliphatic rings. The summed E-state index contributed by atoms with van der Waals surface area (Å²) in [7, 11) is 1.90. The van der Waals surface area contributed by atoms with Crippen LogP contribution in [0.15, 0.2) is 10.7 Å². The lowest BCUT2D eigenvalue weighted by molar-refractivity contribution is 0.269. The fraction of sp³-hybridized carbons (Fsp3) is 0.636. The van der Waals surface area contributed by atoms with Gasteiger partial charge in [-0.2, -0.15) is 4.98 Å². The number of anilines is 2. The van der Waals surface area contributed by atoms with Gasteiger partial charge in [0.2, 0.25) is 5.95 Å². The molecule has 0 fully saturated rings. The van der Waals surface area contributed by atoms with Gasteiger partial charge in [0, 0.05) is 19.8 Å². The number of aliphatic hydroxyl groups is 1. The van der Waals surface area contributed by atoms with E-state index in [-0.39, 0.29) is 12.6 Å². The van der Waals surface area contributed by atoms with E-state index in [1.807, 2.05) is 18.9 Å². The van der Waals surface area contributed by atoms with Gasteiger partial charge >= 0.3 is 0 Å². The van der Waals surface area contributed by atoms with Gasteiger partial charge in [-0.1, -0.05) is 6.92 Å². The summed E-state index contributed by atoms with van der Waals surface area (Å²) >= 11 is 3.42. The van der Waals surface area contributed by atoms with Gasteiger partial charge in [-0.15, -0.1) is 0 Å². The molecule has 0 saturated carbocycles. The van der Waals surface area contributed by atoms with Crippen molar-refractivity contribution in [1.82, 2.24) is 9.97 Å². The van der Waals surface area contributed by atoms with E-state index in [4.69, 9.17) is 5.11 Å². The highest BCUT2D eigenvalue weighted by Crippen LogP contribution is 2.24. The third-order valence-electron chi connectivity index (χ3n) is 2.52. The number of rotatable bonds is 6. The highest BCUT2D eigenvalue weighted by atomic mass is 79.9. The van der Waals surface area contributed by atoms with Gasteiger partial charge in [-0.25, -0.2) is 4.98 Å². The molecule has 0 aliphatic heterocycles. The first-order chi connectivity index (χ1) is 8.10. The van der Waals surface area contributed by atoms with E-state index in [1.165, 1.54) is 0 Å². The summed E-state index contributed by atoms with van der Waals surface area (Å²) in [6.07, 6.45) is 2.75. The van der Waals surface area contributed by atoms with Crippen LogP contribution in [-0.2, 0) is 0 Å². The summed E-state index contributed by atoms with van der Waals surface area (Å²) in [5.74, 6) is 1.39. The Morgan fingerprint density at radius 2 is 2.29 bits per heavy atom. The molecule has 0 aromatic carbocycles. The number of nitrogens with zero attached hydrogens (tertiary/aromatic N) is 3. The molecule has 0 bridgehead atoms. The van der Waals surface area contributed by atoms with E-state index in [2.05, 4.69) is 38.1 Å². The molecule has 5 nitrogen and oxygen atoms in total.